The third kappa shape index (κ3) is 3.39. The Balaban J connectivity index is 2.73. The highest BCUT2D eigenvalue weighted by Gasteiger charge is 2.39. The lowest BCUT2D eigenvalue weighted by Gasteiger charge is -2.32. The van der Waals surface area contributed by atoms with Gasteiger partial charge in [0.15, 0.2) is 0 Å². The molecule has 0 aliphatic carbocycles. The monoisotopic (exact) mass is 279 g/mol. The third-order valence-electron chi connectivity index (χ3n) is 2.42. The standard InChI is InChI=1S/C8H13N3O6S/c1-4(3-17-11(15)16)10(8(13)14)6-5(2)18-7(12)9-6/h4-6H,3H2,1-2H3,(H,9,12)(H,13,14)/t4-,5?,6+/m0/s1. The summed E-state index contributed by atoms with van der Waals surface area (Å²) >= 11 is 0.986. The Labute approximate surface area is 107 Å². The molecule has 1 aliphatic rings. The smallest absolute Gasteiger partial charge is 0.409 e. The van der Waals surface area contributed by atoms with Crippen molar-refractivity contribution in [1.29, 1.82) is 0 Å². The summed E-state index contributed by atoms with van der Waals surface area (Å²) in [6.45, 7) is 2.78. The van der Waals surface area contributed by atoms with Gasteiger partial charge >= 0.3 is 6.09 Å². The number of thioether (sulfide) groups is 1. The zero-order chi connectivity index (χ0) is 13.9. The molecule has 0 aromatic carbocycles. The van der Waals surface area contributed by atoms with Crippen molar-refractivity contribution in [3.63, 3.8) is 0 Å². The van der Waals surface area contributed by atoms with Gasteiger partial charge in [0.25, 0.3) is 10.3 Å². The molecule has 10 heteroatoms. The molecule has 1 heterocycles. The molecule has 102 valence electrons. The van der Waals surface area contributed by atoms with E-state index in [-0.39, 0.29) is 17.1 Å². The Hall–Kier alpha value is -1.71. The lowest BCUT2D eigenvalue weighted by atomic mass is 10.2. The fraction of sp³-hybridized carbons (Fsp3) is 0.750. The minimum absolute atomic E-state index is 0.272. The molecule has 1 unspecified atom stereocenters. The van der Waals surface area contributed by atoms with E-state index in [1.807, 2.05) is 0 Å². The third-order valence-corrected chi connectivity index (χ3v) is 3.38. The molecular weight excluding hydrogens is 266 g/mol. The zero-order valence-corrected chi connectivity index (χ0v) is 10.5. The summed E-state index contributed by atoms with van der Waals surface area (Å²) in [5, 5.41) is 20.1. The van der Waals surface area contributed by atoms with Crippen LogP contribution < -0.4 is 5.32 Å². The highest BCUT2D eigenvalue weighted by molar-refractivity contribution is 8.14. The van der Waals surface area contributed by atoms with Crippen molar-refractivity contribution in [2.75, 3.05) is 6.61 Å². The first-order valence-electron chi connectivity index (χ1n) is 5.08. The molecule has 2 amide bonds. The summed E-state index contributed by atoms with van der Waals surface area (Å²) in [4.78, 5) is 37.5. The van der Waals surface area contributed by atoms with Crippen LogP contribution in [0.15, 0.2) is 0 Å². The van der Waals surface area contributed by atoms with Gasteiger partial charge < -0.3 is 15.3 Å². The van der Waals surface area contributed by atoms with Gasteiger partial charge in [0, 0.05) is 0 Å². The van der Waals surface area contributed by atoms with Crippen molar-refractivity contribution in [1.82, 2.24) is 10.2 Å². The van der Waals surface area contributed by atoms with Gasteiger partial charge in [-0.25, -0.2) is 4.79 Å². The predicted octanol–water partition coefficient (Wildman–Crippen LogP) is 0.734. The molecule has 3 atom stereocenters. The Morgan fingerprint density at radius 2 is 2.39 bits per heavy atom. The van der Waals surface area contributed by atoms with Crippen LogP contribution in [0.5, 0.6) is 0 Å². The maximum absolute atomic E-state index is 11.2. The predicted molar refractivity (Wildman–Crippen MR) is 61.6 cm³/mol. The molecule has 1 saturated heterocycles. The van der Waals surface area contributed by atoms with Crippen LogP contribution in [0.3, 0.4) is 0 Å². The van der Waals surface area contributed by atoms with Crippen LogP contribution in [0.4, 0.5) is 9.59 Å². The molecule has 0 aromatic heterocycles. The number of carbonyl (C=O) groups is 2. The quantitative estimate of drug-likeness (QED) is 0.562. The van der Waals surface area contributed by atoms with E-state index in [1.54, 1.807) is 6.92 Å². The minimum Gasteiger partial charge on any atom is -0.465 e. The van der Waals surface area contributed by atoms with E-state index in [9.17, 15) is 19.7 Å². The van der Waals surface area contributed by atoms with E-state index in [0.717, 1.165) is 16.7 Å². The molecular formula is C8H13N3O6S. The Morgan fingerprint density at radius 1 is 1.78 bits per heavy atom. The summed E-state index contributed by atoms with van der Waals surface area (Å²) in [5.74, 6) is 0. The van der Waals surface area contributed by atoms with Crippen LogP contribution in [-0.2, 0) is 4.84 Å². The fourth-order valence-corrected chi connectivity index (χ4v) is 2.49. The lowest BCUT2D eigenvalue weighted by molar-refractivity contribution is -0.758. The van der Waals surface area contributed by atoms with Gasteiger partial charge in [0.2, 0.25) is 0 Å². The number of nitrogens with one attached hydrogen (secondary N) is 1. The first-order valence-corrected chi connectivity index (χ1v) is 5.96. The van der Waals surface area contributed by atoms with E-state index >= 15 is 0 Å². The molecule has 2 N–H and O–H groups in total. The second-order valence-electron chi connectivity index (χ2n) is 3.76. The number of carboxylic acid groups (broad SMARTS) is 1. The van der Waals surface area contributed by atoms with Gasteiger partial charge in [0.1, 0.15) is 12.8 Å². The molecule has 1 rings (SSSR count). The summed E-state index contributed by atoms with van der Waals surface area (Å²) in [6.07, 6.45) is -1.99. The first-order chi connectivity index (χ1) is 8.32. The SMILES string of the molecule is CC1SC(=O)N[C@@H]1N(C(=O)O)[C@@H](C)CO[N+](=O)[O-]. The number of carbonyl (C=O) groups excluding carboxylic acids is 1. The maximum Gasteiger partial charge on any atom is 0.409 e. The van der Waals surface area contributed by atoms with Crippen LogP contribution in [0.1, 0.15) is 13.8 Å². The van der Waals surface area contributed by atoms with Gasteiger partial charge in [-0.1, -0.05) is 11.8 Å². The number of hydrogen-bond donors (Lipinski definition) is 2. The zero-order valence-electron chi connectivity index (χ0n) is 9.73. The lowest BCUT2D eigenvalue weighted by Crippen LogP contribution is -2.55. The second-order valence-corrected chi connectivity index (χ2v) is 5.11. The van der Waals surface area contributed by atoms with E-state index < -0.39 is 23.4 Å². The van der Waals surface area contributed by atoms with Crippen molar-refractivity contribution in [2.45, 2.75) is 31.3 Å². The van der Waals surface area contributed by atoms with Crippen molar-refractivity contribution in [3.05, 3.63) is 10.1 Å². The highest BCUT2D eigenvalue weighted by Crippen LogP contribution is 2.26. The molecule has 0 spiro atoms. The van der Waals surface area contributed by atoms with E-state index in [2.05, 4.69) is 10.2 Å². The summed E-state index contributed by atoms with van der Waals surface area (Å²) < 4.78 is 0. The van der Waals surface area contributed by atoms with E-state index in [4.69, 9.17) is 5.11 Å². The van der Waals surface area contributed by atoms with Crippen LogP contribution in [0.2, 0.25) is 0 Å². The van der Waals surface area contributed by atoms with Crippen LogP contribution in [0.25, 0.3) is 0 Å². The van der Waals surface area contributed by atoms with Gasteiger partial charge in [-0.3, -0.25) is 9.69 Å². The molecule has 0 saturated carbocycles. The molecule has 18 heavy (non-hydrogen) atoms. The van der Waals surface area contributed by atoms with Crippen LogP contribution in [0, 0.1) is 10.1 Å². The Morgan fingerprint density at radius 3 is 2.78 bits per heavy atom. The van der Waals surface area contributed by atoms with E-state index in [1.165, 1.54) is 6.92 Å². The van der Waals surface area contributed by atoms with Gasteiger partial charge in [0.05, 0.1) is 11.3 Å². The maximum atomic E-state index is 11.2. The molecule has 1 aliphatic heterocycles. The van der Waals surface area contributed by atoms with Crippen LogP contribution in [-0.4, -0.2) is 50.5 Å². The van der Waals surface area contributed by atoms with Crippen molar-refractivity contribution in [3.8, 4) is 0 Å². The average Bonchev–Trinajstić information content (AvgIpc) is 2.55. The molecule has 0 aromatic rings. The highest BCUT2D eigenvalue weighted by atomic mass is 32.2. The number of amides is 2. The van der Waals surface area contributed by atoms with Crippen molar-refractivity contribution >= 4 is 23.1 Å². The fourth-order valence-electron chi connectivity index (χ4n) is 1.63. The van der Waals surface area contributed by atoms with Crippen molar-refractivity contribution in [2.24, 2.45) is 0 Å². The summed E-state index contributed by atoms with van der Waals surface area (Å²) in [7, 11) is 0. The molecule has 9 nitrogen and oxygen atoms in total. The largest absolute Gasteiger partial charge is 0.465 e. The Bertz CT molecular complexity index is 365. The second kappa shape index (κ2) is 5.76. The number of rotatable bonds is 5. The van der Waals surface area contributed by atoms with Gasteiger partial charge in [-0.05, 0) is 13.8 Å². The molecule has 1 fully saturated rings. The molecule has 0 radical (unpaired) electrons. The topological polar surface area (TPSA) is 122 Å². The first kappa shape index (κ1) is 14.4. The van der Waals surface area contributed by atoms with Crippen molar-refractivity contribution < 1.29 is 24.6 Å². The minimum atomic E-state index is -1.27. The Kier molecular flexibility index (Phi) is 4.59. The van der Waals surface area contributed by atoms with E-state index in [0.29, 0.717) is 0 Å². The van der Waals surface area contributed by atoms with Crippen LogP contribution >= 0.6 is 11.8 Å². The summed E-state index contributed by atoms with van der Waals surface area (Å²) in [6, 6.07) is -0.751. The average molecular weight is 279 g/mol. The molecule has 0 bridgehead atoms. The number of hydrogen-bond acceptors (Lipinski definition) is 6. The normalized spacial score (nSPS) is 24.2. The summed E-state index contributed by atoms with van der Waals surface area (Å²) in [5.41, 5.74) is 0. The number of nitrogens with zero attached hydrogens (tertiary/aromatic N) is 2. The van der Waals surface area contributed by atoms with Gasteiger partial charge in [-0.15, -0.1) is 10.1 Å². The van der Waals surface area contributed by atoms with Gasteiger partial charge in [-0.2, -0.15) is 0 Å².